The van der Waals surface area contributed by atoms with Crippen molar-refractivity contribution in [3.63, 3.8) is 0 Å². The molecule has 7 heteroatoms. The zero-order chi connectivity index (χ0) is 13.6. The van der Waals surface area contributed by atoms with Gasteiger partial charge in [-0.1, -0.05) is 19.3 Å². The Labute approximate surface area is 109 Å². The van der Waals surface area contributed by atoms with Gasteiger partial charge in [-0.3, -0.25) is 4.79 Å². The summed E-state index contributed by atoms with van der Waals surface area (Å²) in [5.41, 5.74) is 5.98. The van der Waals surface area contributed by atoms with E-state index in [0.717, 1.165) is 38.4 Å². The maximum absolute atomic E-state index is 11.9. The molecule has 0 aromatic heterocycles. The molecule has 1 aliphatic rings. The number of hydrogen-bond donors (Lipinski definition) is 3. The van der Waals surface area contributed by atoms with Crippen molar-refractivity contribution in [3.8, 4) is 0 Å². The number of carbonyl (C=O) groups excluding carboxylic acids is 1. The van der Waals surface area contributed by atoms with Crippen molar-refractivity contribution in [1.29, 1.82) is 0 Å². The number of hydrogen-bond acceptors (Lipinski definition) is 4. The van der Waals surface area contributed by atoms with Gasteiger partial charge in [-0.25, -0.2) is 13.1 Å². The van der Waals surface area contributed by atoms with E-state index in [-0.39, 0.29) is 24.4 Å². The highest BCUT2D eigenvalue weighted by atomic mass is 32.2. The molecule has 1 saturated carbocycles. The highest BCUT2D eigenvalue weighted by Gasteiger charge is 2.26. The fourth-order valence-electron chi connectivity index (χ4n) is 2.22. The molecule has 6 nitrogen and oxygen atoms in total. The second kappa shape index (κ2) is 7.06. The summed E-state index contributed by atoms with van der Waals surface area (Å²) in [6.45, 7) is 0.516. The van der Waals surface area contributed by atoms with E-state index in [1.807, 2.05) is 0 Å². The maximum atomic E-state index is 11.9. The first-order valence-corrected chi connectivity index (χ1v) is 8.27. The molecular weight excluding hydrogens is 254 g/mol. The lowest BCUT2D eigenvalue weighted by Crippen LogP contribution is -2.43. The molecule has 0 radical (unpaired) electrons. The lowest BCUT2D eigenvalue weighted by molar-refractivity contribution is -0.125. The van der Waals surface area contributed by atoms with Gasteiger partial charge in [0.25, 0.3) is 0 Å². The van der Waals surface area contributed by atoms with Gasteiger partial charge in [0.15, 0.2) is 0 Å². The Kier molecular flexibility index (Phi) is 6.04. The van der Waals surface area contributed by atoms with Crippen LogP contribution in [-0.4, -0.2) is 39.7 Å². The normalized spacial score (nSPS) is 25.4. The van der Waals surface area contributed by atoms with Crippen LogP contribution >= 0.6 is 0 Å². The van der Waals surface area contributed by atoms with Crippen molar-refractivity contribution in [2.45, 2.75) is 38.1 Å². The Hall–Kier alpha value is -0.660. The molecule has 2 atom stereocenters. The summed E-state index contributed by atoms with van der Waals surface area (Å²) in [7, 11) is -3.19. The monoisotopic (exact) mass is 277 g/mol. The summed E-state index contributed by atoms with van der Waals surface area (Å²) in [4.78, 5) is 11.9. The molecule has 1 amide bonds. The Morgan fingerprint density at radius 1 is 1.22 bits per heavy atom. The summed E-state index contributed by atoms with van der Waals surface area (Å²) >= 11 is 0. The smallest absolute Gasteiger partial charge is 0.224 e. The molecule has 1 rings (SSSR count). The summed E-state index contributed by atoms with van der Waals surface area (Å²) < 4.78 is 24.0. The maximum Gasteiger partial charge on any atom is 0.224 e. The zero-order valence-corrected chi connectivity index (χ0v) is 11.6. The molecule has 18 heavy (non-hydrogen) atoms. The van der Waals surface area contributed by atoms with Crippen molar-refractivity contribution in [2.75, 3.05) is 19.3 Å². The molecule has 0 spiro atoms. The van der Waals surface area contributed by atoms with Crippen LogP contribution in [0.5, 0.6) is 0 Å². The summed E-state index contributed by atoms with van der Waals surface area (Å²) in [6, 6.07) is -0.0737. The van der Waals surface area contributed by atoms with Gasteiger partial charge in [0.1, 0.15) is 0 Å². The Balaban J connectivity index is 2.30. The molecule has 0 aromatic carbocycles. The number of rotatable bonds is 5. The van der Waals surface area contributed by atoms with E-state index in [1.54, 1.807) is 0 Å². The number of nitrogens with one attached hydrogen (secondary N) is 2. The predicted molar refractivity (Wildman–Crippen MR) is 70.4 cm³/mol. The highest BCUT2D eigenvalue weighted by molar-refractivity contribution is 7.88. The van der Waals surface area contributed by atoms with Crippen LogP contribution in [0.4, 0.5) is 0 Å². The van der Waals surface area contributed by atoms with Crippen LogP contribution in [0.15, 0.2) is 0 Å². The fourth-order valence-corrected chi connectivity index (χ4v) is 2.69. The van der Waals surface area contributed by atoms with Gasteiger partial charge in [-0.05, 0) is 12.8 Å². The van der Waals surface area contributed by atoms with Gasteiger partial charge >= 0.3 is 0 Å². The van der Waals surface area contributed by atoms with E-state index in [1.165, 1.54) is 0 Å². The molecule has 0 bridgehead atoms. The van der Waals surface area contributed by atoms with E-state index in [2.05, 4.69) is 10.0 Å². The van der Waals surface area contributed by atoms with Crippen LogP contribution in [0.2, 0.25) is 0 Å². The molecule has 1 fully saturated rings. The van der Waals surface area contributed by atoms with Gasteiger partial charge in [0.05, 0.1) is 12.2 Å². The standard InChI is InChI=1S/C11H23N3O3S/c1-18(16,17)14-8-7-13-11(15)9-5-3-2-4-6-10(9)12/h9-10,14H,2-8,12H2,1H3,(H,13,15). The number of carbonyl (C=O) groups is 1. The number of amides is 1. The van der Waals surface area contributed by atoms with Crippen LogP contribution < -0.4 is 15.8 Å². The third kappa shape index (κ3) is 5.79. The Morgan fingerprint density at radius 3 is 2.56 bits per heavy atom. The lowest BCUT2D eigenvalue weighted by atomic mass is 9.95. The van der Waals surface area contributed by atoms with E-state index in [0.29, 0.717) is 6.54 Å². The van der Waals surface area contributed by atoms with Gasteiger partial charge in [-0.2, -0.15) is 0 Å². The van der Waals surface area contributed by atoms with Crippen molar-refractivity contribution in [2.24, 2.45) is 11.7 Å². The van der Waals surface area contributed by atoms with Crippen molar-refractivity contribution < 1.29 is 13.2 Å². The molecule has 4 N–H and O–H groups in total. The molecule has 0 aliphatic heterocycles. The first-order valence-electron chi connectivity index (χ1n) is 6.38. The minimum absolute atomic E-state index is 0.0558. The molecule has 106 valence electrons. The van der Waals surface area contributed by atoms with E-state index < -0.39 is 10.0 Å². The van der Waals surface area contributed by atoms with Crippen molar-refractivity contribution in [3.05, 3.63) is 0 Å². The summed E-state index contributed by atoms with van der Waals surface area (Å²) in [5.74, 6) is -0.189. The molecule has 0 aromatic rings. The first-order chi connectivity index (χ1) is 8.40. The van der Waals surface area contributed by atoms with Crippen molar-refractivity contribution >= 4 is 15.9 Å². The Morgan fingerprint density at radius 2 is 1.89 bits per heavy atom. The predicted octanol–water partition coefficient (Wildman–Crippen LogP) is -0.441. The Bertz CT molecular complexity index is 370. The number of sulfonamides is 1. The van der Waals surface area contributed by atoms with Crippen LogP contribution in [0.25, 0.3) is 0 Å². The van der Waals surface area contributed by atoms with Crippen LogP contribution in [0.1, 0.15) is 32.1 Å². The zero-order valence-electron chi connectivity index (χ0n) is 10.8. The van der Waals surface area contributed by atoms with Gasteiger partial charge in [0.2, 0.25) is 15.9 Å². The third-order valence-electron chi connectivity index (χ3n) is 3.19. The quantitative estimate of drug-likeness (QED) is 0.468. The van der Waals surface area contributed by atoms with E-state index >= 15 is 0 Å². The SMILES string of the molecule is CS(=O)(=O)NCCNC(=O)C1CCCCCC1N. The van der Waals surface area contributed by atoms with Crippen molar-refractivity contribution in [1.82, 2.24) is 10.0 Å². The summed E-state index contributed by atoms with van der Waals surface area (Å²) in [6.07, 6.45) is 6.06. The van der Waals surface area contributed by atoms with E-state index in [4.69, 9.17) is 5.73 Å². The molecule has 0 heterocycles. The summed E-state index contributed by atoms with van der Waals surface area (Å²) in [5, 5.41) is 2.74. The molecule has 1 aliphatic carbocycles. The first kappa shape index (κ1) is 15.4. The third-order valence-corrected chi connectivity index (χ3v) is 3.92. The second-order valence-electron chi connectivity index (χ2n) is 4.87. The van der Waals surface area contributed by atoms with Gasteiger partial charge in [-0.15, -0.1) is 0 Å². The minimum Gasteiger partial charge on any atom is -0.354 e. The van der Waals surface area contributed by atoms with Gasteiger partial charge < -0.3 is 11.1 Å². The molecule has 2 unspecified atom stereocenters. The minimum atomic E-state index is -3.19. The lowest BCUT2D eigenvalue weighted by Gasteiger charge is -2.20. The van der Waals surface area contributed by atoms with E-state index in [9.17, 15) is 13.2 Å². The largest absolute Gasteiger partial charge is 0.354 e. The highest BCUT2D eigenvalue weighted by Crippen LogP contribution is 2.22. The van der Waals surface area contributed by atoms with Crippen LogP contribution in [-0.2, 0) is 14.8 Å². The van der Waals surface area contributed by atoms with Crippen LogP contribution in [0.3, 0.4) is 0 Å². The number of nitrogens with two attached hydrogens (primary N) is 1. The van der Waals surface area contributed by atoms with Crippen LogP contribution in [0, 0.1) is 5.92 Å². The average Bonchev–Trinajstić information content (AvgIpc) is 2.48. The molecule has 0 saturated heterocycles. The topological polar surface area (TPSA) is 101 Å². The average molecular weight is 277 g/mol. The molecular formula is C11H23N3O3S. The fraction of sp³-hybridized carbons (Fsp3) is 0.909. The second-order valence-corrected chi connectivity index (χ2v) is 6.70. The van der Waals surface area contributed by atoms with Gasteiger partial charge in [0, 0.05) is 19.1 Å².